The maximum Gasteiger partial charge on any atom is 0.313 e. The monoisotopic (exact) mass is 322 g/mol. The van der Waals surface area contributed by atoms with Gasteiger partial charge in [-0.3, -0.25) is 4.79 Å². The first-order valence-corrected chi connectivity index (χ1v) is 7.87. The number of ether oxygens (including phenoxy) is 1. The minimum atomic E-state index is -0.289. The van der Waals surface area contributed by atoms with Gasteiger partial charge in [0.15, 0.2) is 6.61 Å². The summed E-state index contributed by atoms with van der Waals surface area (Å²) in [6.07, 6.45) is 0.669. The molecule has 0 saturated heterocycles. The van der Waals surface area contributed by atoms with Crippen molar-refractivity contribution in [3.8, 4) is 11.4 Å². The summed E-state index contributed by atoms with van der Waals surface area (Å²) in [5, 5.41) is 3.91. The van der Waals surface area contributed by atoms with E-state index in [2.05, 4.69) is 10.1 Å². The molecule has 1 unspecified atom stereocenters. The van der Waals surface area contributed by atoms with Crippen LogP contribution in [-0.2, 0) is 16.1 Å². The highest BCUT2D eigenvalue weighted by molar-refractivity contribution is 5.78. The van der Waals surface area contributed by atoms with Crippen LogP contribution in [0.3, 0.4) is 0 Å². The van der Waals surface area contributed by atoms with Crippen molar-refractivity contribution in [2.45, 2.75) is 25.9 Å². The van der Waals surface area contributed by atoms with Crippen LogP contribution in [0.4, 0.5) is 0 Å². The van der Waals surface area contributed by atoms with Gasteiger partial charge < -0.3 is 9.26 Å². The Hall–Kier alpha value is -2.95. The van der Waals surface area contributed by atoms with Crippen LogP contribution in [0.1, 0.15) is 30.7 Å². The van der Waals surface area contributed by atoms with Crippen molar-refractivity contribution in [3.05, 3.63) is 72.1 Å². The summed E-state index contributed by atoms with van der Waals surface area (Å²) in [6, 6.07) is 19.1. The Kier molecular flexibility index (Phi) is 5.01. The molecule has 1 atom stereocenters. The number of nitrogens with zero attached hydrogens (tertiary/aromatic N) is 2. The van der Waals surface area contributed by atoms with E-state index in [1.54, 1.807) is 0 Å². The summed E-state index contributed by atoms with van der Waals surface area (Å²) < 4.78 is 10.5. The zero-order valence-corrected chi connectivity index (χ0v) is 13.4. The molecule has 24 heavy (non-hydrogen) atoms. The van der Waals surface area contributed by atoms with Crippen LogP contribution in [0.5, 0.6) is 0 Å². The minimum absolute atomic E-state index is 0.0258. The Morgan fingerprint density at radius 1 is 1.08 bits per heavy atom. The molecule has 3 aromatic rings. The fourth-order valence-corrected chi connectivity index (χ4v) is 2.48. The number of hydrogen-bond donors (Lipinski definition) is 0. The highest BCUT2D eigenvalue weighted by atomic mass is 16.6. The lowest BCUT2D eigenvalue weighted by Gasteiger charge is -2.13. The largest absolute Gasteiger partial charge is 0.455 e. The summed E-state index contributed by atoms with van der Waals surface area (Å²) in [4.78, 5) is 16.6. The Morgan fingerprint density at radius 2 is 1.75 bits per heavy atom. The van der Waals surface area contributed by atoms with Crippen molar-refractivity contribution >= 4 is 5.97 Å². The van der Waals surface area contributed by atoms with Gasteiger partial charge in [0.2, 0.25) is 5.82 Å². The lowest BCUT2D eigenvalue weighted by molar-refractivity contribution is -0.147. The van der Waals surface area contributed by atoms with Gasteiger partial charge in [-0.1, -0.05) is 72.7 Å². The van der Waals surface area contributed by atoms with Gasteiger partial charge in [0.05, 0.1) is 5.92 Å². The second-order valence-electron chi connectivity index (χ2n) is 5.36. The predicted octanol–water partition coefficient (Wildman–Crippen LogP) is 3.97. The van der Waals surface area contributed by atoms with Gasteiger partial charge in [0.1, 0.15) is 0 Å². The first-order valence-electron chi connectivity index (χ1n) is 7.87. The number of hydrogen-bond acceptors (Lipinski definition) is 5. The number of rotatable bonds is 6. The quantitative estimate of drug-likeness (QED) is 0.642. The molecule has 0 aliphatic heterocycles. The second-order valence-corrected chi connectivity index (χ2v) is 5.36. The van der Waals surface area contributed by atoms with Gasteiger partial charge in [-0.15, -0.1) is 0 Å². The summed E-state index contributed by atoms with van der Waals surface area (Å²) in [5.74, 6) is 0.188. The Balaban J connectivity index is 1.63. The molecule has 0 amide bonds. The van der Waals surface area contributed by atoms with Gasteiger partial charge >= 0.3 is 5.97 Å². The van der Waals surface area contributed by atoms with Gasteiger partial charge in [-0.2, -0.15) is 4.98 Å². The van der Waals surface area contributed by atoms with E-state index >= 15 is 0 Å². The molecule has 0 aliphatic carbocycles. The molecule has 1 heterocycles. The third kappa shape index (κ3) is 3.68. The summed E-state index contributed by atoms with van der Waals surface area (Å²) in [7, 11) is 0. The van der Waals surface area contributed by atoms with Crippen molar-refractivity contribution in [3.63, 3.8) is 0 Å². The SMILES string of the molecule is CCC(C(=O)OCc1nc(-c2ccccc2)no1)c1ccccc1. The van der Waals surface area contributed by atoms with E-state index in [0.29, 0.717) is 12.2 Å². The number of aromatic nitrogens is 2. The van der Waals surface area contributed by atoms with Crippen LogP contribution >= 0.6 is 0 Å². The van der Waals surface area contributed by atoms with Gasteiger partial charge in [-0.25, -0.2) is 0 Å². The number of esters is 1. The predicted molar refractivity (Wildman–Crippen MR) is 89.0 cm³/mol. The van der Waals surface area contributed by atoms with Crippen LogP contribution < -0.4 is 0 Å². The zero-order chi connectivity index (χ0) is 16.8. The van der Waals surface area contributed by atoms with E-state index in [1.165, 1.54) is 0 Å². The van der Waals surface area contributed by atoms with Crippen molar-refractivity contribution in [1.29, 1.82) is 0 Å². The molecule has 0 aliphatic rings. The Morgan fingerprint density at radius 3 is 2.42 bits per heavy atom. The molecular weight excluding hydrogens is 304 g/mol. The van der Waals surface area contributed by atoms with E-state index < -0.39 is 0 Å². The normalized spacial score (nSPS) is 11.9. The average Bonchev–Trinajstić information content (AvgIpc) is 3.11. The summed E-state index contributed by atoms with van der Waals surface area (Å²) in [5.41, 5.74) is 1.80. The van der Waals surface area contributed by atoms with Crippen LogP contribution in [0.2, 0.25) is 0 Å². The van der Waals surface area contributed by atoms with Crippen LogP contribution in [0.15, 0.2) is 65.2 Å². The van der Waals surface area contributed by atoms with Crippen molar-refractivity contribution in [1.82, 2.24) is 10.1 Å². The average molecular weight is 322 g/mol. The molecule has 0 N–H and O–H groups in total. The van der Waals surface area contributed by atoms with Gasteiger partial charge in [0.25, 0.3) is 5.89 Å². The molecular formula is C19H18N2O3. The third-order valence-corrected chi connectivity index (χ3v) is 3.73. The Bertz CT molecular complexity index is 785. The van der Waals surface area contributed by atoms with Crippen molar-refractivity contribution < 1.29 is 14.1 Å². The first kappa shape index (κ1) is 15.9. The third-order valence-electron chi connectivity index (χ3n) is 3.73. The van der Waals surface area contributed by atoms with Crippen LogP contribution in [0.25, 0.3) is 11.4 Å². The topological polar surface area (TPSA) is 65.2 Å². The Labute approximate surface area is 140 Å². The van der Waals surface area contributed by atoms with E-state index in [9.17, 15) is 4.79 Å². The van der Waals surface area contributed by atoms with Gasteiger partial charge in [-0.05, 0) is 12.0 Å². The molecule has 1 aromatic heterocycles. The molecule has 0 saturated carbocycles. The van der Waals surface area contributed by atoms with Crippen LogP contribution in [0, 0.1) is 0 Å². The molecule has 0 spiro atoms. The lowest BCUT2D eigenvalue weighted by atomic mass is 9.97. The van der Waals surface area contributed by atoms with E-state index in [1.807, 2.05) is 67.6 Å². The number of carbonyl (C=O) groups is 1. The molecule has 0 bridgehead atoms. The maximum atomic E-state index is 12.3. The molecule has 5 nitrogen and oxygen atoms in total. The zero-order valence-electron chi connectivity index (χ0n) is 13.4. The molecule has 3 rings (SSSR count). The smallest absolute Gasteiger partial charge is 0.313 e. The van der Waals surface area contributed by atoms with E-state index in [-0.39, 0.29) is 24.4 Å². The molecule has 122 valence electrons. The summed E-state index contributed by atoms with van der Waals surface area (Å²) >= 11 is 0. The van der Waals surface area contributed by atoms with Crippen molar-refractivity contribution in [2.24, 2.45) is 0 Å². The maximum absolute atomic E-state index is 12.3. The fraction of sp³-hybridized carbons (Fsp3) is 0.211. The second kappa shape index (κ2) is 7.55. The summed E-state index contributed by atoms with van der Waals surface area (Å²) in [6.45, 7) is 1.93. The highest BCUT2D eigenvalue weighted by Gasteiger charge is 2.21. The molecule has 0 radical (unpaired) electrons. The standard InChI is InChI=1S/C19H18N2O3/c1-2-16(14-9-5-3-6-10-14)19(22)23-13-17-20-18(21-24-17)15-11-7-4-8-12-15/h3-12,16H,2,13H2,1H3. The fourth-order valence-electron chi connectivity index (χ4n) is 2.48. The molecule has 5 heteroatoms. The minimum Gasteiger partial charge on any atom is -0.455 e. The number of benzene rings is 2. The molecule has 0 fully saturated rings. The van der Waals surface area contributed by atoms with Crippen LogP contribution in [-0.4, -0.2) is 16.1 Å². The number of carbonyl (C=O) groups excluding carboxylic acids is 1. The highest BCUT2D eigenvalue weighted by Crippen LogP contribution is 2.21. The first-order chi connectivity index (χ1) is 11.8. The van der Waals surface area contributed by atoms with E-state index in [4.69, 9.17) is 9.26 Å². The molecule has 2 aromatic carbocycles. The lowest BCUT2D eigenvalue weighted by Crippen LogP contribution is -2.15. The van der Waals surface area contributed by atoms with Gasteiger partial charge in [0, 0.05) is 5.56 Å². The van der Waals surface area contributed by atoms with Crippen molar-refractivity contribution in [2.75, 3.05) is 0 Å². The van der Waals surface area contributed by atoms with E-state index in [0.717, 1.165) is 11.1 Å².